The van der Waals surface area contributed by atoms with E-state index >= 15 is 0 Å². The Balaban J connectivity index is 1.61. The predicted molar refractivity (Wildman–Crippen MR) is 135 cm³/mol. The summed E-state index contributed by atoms with van der Waals surface area (Å²) in [5.74, 6) is 0.818. The van der Waals surface area contributed by atoms with E-state index in [4.69, 9.17) is 15.8 Å². The maximum absolute atomic E-state index is 13.7. The van der Waals surface area contributed by atoms with E-state index in [0.717, 1.165) is 5.56 Å². The predicted octanol–water partition coefficient (Wildman–Crippen LogP) is 2.57. The minimum absolute atomic E-state index is 0.0997. The maximum Gasteiger partial charge on any atom is 0.284 e. The molecule has 0 bridgehead atoms. The molecule has 0 amide bonds. The molecule has 11 nitrogen and oxygen atoms in total. The summed E-state index contributed by atoms with van der Waals surface area (Å²) >= 11 is 0. The van der Waals surface area contributed by atoms with E-state index < -0.39 is 0 Å². The molecule has 0 unspecified atom stereocenters. The fourth-order valence-electron chi connectivity index (χ4n) is 4.47. The summed E-state index contributed by atoms with van der Waals surface area (Å²) in [5.41, 5.74) is 10.2. The molecule has 0 spiro atoms. The number of hydrogen-bond donors (Lipinski definition) is 2. The number of hydrogen-bond acceptors (Lipinski definition) is 8. The molecule has 6 rings (SSSR count). The molecular formula is C25H21N9O2. The first kappa shape index (κ1) is 21.5. The van der Waals surface area contributed by atoms with Gasteiger partial charge in [0.15, 0.2) is 11.2 Å². The smallest absolute Gasteiger partial charge is 0.284 e. The Hall–Kier alpha value is -5.06. The standard InChI is InChI=1S/C25H21N9O2/c1-14-6-3-4-9-18(14)34-19(30-17-11-29-32(2)22(17)25(34)36)12-33-24-20(23(26)27-13-28-24)21(31-33)15-7-5-8-16(35)10-15/h3-11,13,35H,12H2,1-2H3,(H2,26,27,28). The molecule has 4 heterocycles. The van der Waals surface area contributed by atoms with Crippen molar-refractivity contribution in [3.05, 3.63) is 82.8 Å². The average molecular weight is 480 g/mol. The van der Waals surface area contributed by atoms with Crippen LogP contribution in [0.3, 0.4) is 0 Å². The second kappa shape index (κ2) is 8.01. The molecule has 178 valence electrons. The lowest BCUT2D eigenvalue weighted by atomic mass is 10.1. The second-order valence-electron chi connectivity index (χ2n) is 8.47. The molecule has 0 aliphatic heterocycles. The van der Waals surface area contributed by atoms with Gasteiger partial charge in [-0.15, -0.1) is 0 Å². The van der Waals surface area contributed by atoms with E-state index in [1.165, 1.54) is 11.0 Å². The van der Waals surface area contributed by atoms with Crippen LogP contribution in [0.15, 0.2) is 65.8 Å². The van der Waals surface area contributed by atoms with Gasteiger partial charge in [0, 0.05) is 12.6 Å². The summed E-state index contributed by atoms with van der Waals surface area (Å²) in [6.07, 6.45) is 2.94. The Bertz CT molecular complexity index is 1850. The zero-order valence-electron chi connectivity index (χ0n) is 19.5. The minimum Gasteiger partial charge on any atom is -0.508 e. The Morgan fingerprint density at radius 3 is 2.72 bits per heavy atom. The number of para-hydroxylation sites is 1. The zero-order valence-corrected chi connectivity index (χ0v) is 19.5. The van der Waals surface area contributed by atoms with Crippen LogP contribution >= 0.6 is 0 Å². The van der Waals surface area contributed by atoms with Crippen LogP contribution in [-0.4, -0.2) is 44.2 Å². The van der Waals surface area contributed by atoms with Crippen LogP contribution < -0.4 is 11.3 Å². The highest BCUT2D eigenvalue weighted by atomic mass is 16.3. The van der Waals surface area contributed by atoms with Gasteiger partial charge in [0.25, 0.3) is 5.56 Å². The van der Waals surface area contributed by atoms with Crippen LogP contribution in [0, 0.1) is 6.92 Å². The SMILES string of the molecule is Cc1ccccc1-n1c(Cn2nc(-c3cccc(O)c3)c3c(N)ncnc32)nc2cnn(C)c2c1=O. The van der Waals surface area contributed by atoms with Crippen molar-refractivity contribution < 1.29 is 5.11 Å². The van der Waals surface area contributed by atoms with E-state index in [9.17, 15) is 9.90 Å². The summed E-state index contributed by atoms with van der Waals surface area (Å²) < 4.78 is 4.76. The first-order valence-corrected chi connectivity index (χ1v) is 11.2. The number of anilines is 1. The molecule has 0 aliphatic rings. The Kier molecular flexibility index (Phi) is 4.78. The van der Waals surface area contributed by atoms with Gasteiger partial charge < -0.3 is 10.8 Å². The zero-order chi connectivity index (χ0) is 25.0. The van der Waals surface area contributed by atoms with Crippen molar-refractivity contribution in [3.8, 4) is 22.7 Å². The molecule has 36 heavy (non-hydrogen) atoms. The number of nitrogens with zero attached hydrogens (tertiary/aromatic N) is 8. The lowest BCUT2D eigenvalue weighted by molar-refractivity contribution is 0.475. The molecule has 6 aromatic rings. The first-order valence-electron chi connectivity index (χ1n) is 11.2. The van der Waals surface area contributed by atoms with Crippen molar-refractivity contribution in [1.82, 2.24) is 39.1 Å². The van der Waals surface area contributed by atoms with Gasteiger partial charge in [-0.05, 0) is 30.7 Å². The number of benzene rings is 2. The van der Waals surface area contributed by atoms with Crippen LogP contribution in [0.2, 0.25) is 0 Å². The van der Waals surface area contributed by atoms with Crippen LogP contribution in [0.1, 0.15) is 11.4 Å². The van der Waals surface area contributed by atoms with E-state index in [1.807, 2.05) is 37.3 Å². The Labute approximate surface area is 204 Å². The van der Waals surface area contributed by atoms with Gasteiger partial charge in [-0.25, -0.2) is 19.6 Å². The number of phenolic OH excluding ortho intramolecular Hbond substituents is 1. The average Bonchev–Trinajstić information content (AvgIpc) is 3.42. The van der Waals surface area contributed by atoms with Crippen molar-refractivity contribution in [2.75, 3.05) is 5.73 Å². The number of rotatable bonds is 4. The quantitative estimate of drug-likeness (QED) is 0.393. The number of fused-ring (bicyclic) bond motifs is 2. The molecule has 0 radical (unpaired) electrons. The molecule has 3 N–H and O–H groups in total. The first-order chi connectivity index (χ1) is 17.4. The molecule has 0 saturated carbocycles. The van der Waals surface area contributed by atoms with Gasteiger partial charge in [-0.3, -0.25) is 14.0 Å². The van der Waals surface area contributed by atoms with Gasteiger partial charge in [0.2, 0.25) is 0 Å². The fraction of sp³-hybridized carbons (Fsp3) is 0.120. The van der Waals surface area contributed by atoms with Crippen LogP contribution in [0.5, 0.6) is 5.75 Å². The molecule has 11 heteroatoms. The molecule has 0 atom stereocenters. The highest BCUT2D eigenvalue weighted by Crippen LogP contribution is 2.32. The number of nitrogen functional groups attached to an aromatic ring is 1. The number of nitrogens with two attached hydrogens (primary N) is 1. The molecule has 0 saturated heterocycles. The van der Waals surface area contributed by atoms with Gasteiger partial charge in [0.1, 0.15) is 41.5 Å². The number of aryl methyl sites for hydroxylation is 2. The lowest BCUT2D eigenvalue weighted by Gasteiger charge is -2.15. The largest absolute Gasteiger partial charge is 0.508 e. The summed E-state index contributed by atoms with van der Waals surface area (Å²) in [6.45, 7) is 2.07. The van der Waals surface area contributed by atoms with Crippen molar-refractivity contribution in [2.45, 2.75) is 13.5 Å². The Morgan fingerprint density at radius 1 is 1.08 bits per heavy atom. The fourth-order valence-corrected chi connectivity index (χ4v) is 4.47. The third kappa shape index (κ3) is 3.28. The third-order valence-electron chi connectivity index (χ3n) is 6.16. The van der Waals surface area contributed by atoms with Crippen LogP contribution in [-0.2, 0) is 13.6 Å². The van der Waals surface area contributed by atoms with Gasteiger partial charge in [0.05, 0.1) is 17.3 Å². The summed E-state index contributed by atoms with van der Waals surface area (Å²) in [5, 5.41) is 19.6. The second-order valence-corrected chi connectivity index (χ2v) is 8.47. The molecule has 0 aliphatic carbocycles. The highest BCUT2D eigenvalue weighted by Gasteiger charge is 2.21. The highest BCUT2D eigenvalue weighted by molar-refractivity contribution is 5.98. The Morgan fingerprint density at radius 2 is 1.92 bits per heavy atom. The monoisotopic (exact) mass is 479 g/mol. The van der Waals surface area contributed by atoms with Crippen molar-refractivity contribution in [1.29, 1.82) is 0 Å². The summed E-state index contributed by atoms with van der Waals surface area (Å²) in [6, 6.07) is 14.3. The van der Waals surface area contributed by atoms with E-state index in [-0.39, 0.29) is 23.7 Å². The lowest BCUT2D eigenvalue weighted by Crippen LogP contribution is -2.27. The number of phenols is 1. The maximum atomic E-state index is 13.7. The molecule has 2 aromatic carbocycles. The van der Waals surface area contributed by atoms with Crippen molar-refractivity contribution in [2.24, 2.45) is 7.05 Å². The van der Waals surface area contributed by atoms with Crippen LogP contribution in [0.25, 0.3) is 39.0 Å². The minimum atomic E-state index is -0.233. The summed E-state index contributed by atoms with van der Waals surface area (Å²) in [7, 11) is 1.72. The molecular weight excluding hydrogens is 458 g/mol. The normalized spacial score (nSPS) is 11.5. The van der Waals surface area contributed by atoms with Gasteiger partial charge >= 0.3 is 0 Å². The van der Waals surface area contributed by atoms with Crippen molar-refractivity contribution in [3.63, 3.8) is 0 Å². The van der Waals surface area contributed by atoms with E-state index in [1.54, 1.807) is 40.7 Å². The summed E-state index contributed by atoms with van der Waals surface area (Å²) in [4.78, 5) is 27.1. The topological polar surface area (TPSA) is 143 Å². The van der Waals surface area contributed by atoms with Crippen molar-refractivity contribution >= 4 is 27.9 Å². The van der Waals surface area contributed by atoms with Crippen LogP contribution in [0.4, 0.5) is 5.82 Å². The van der Waals surface area contributed by atoms with E-state index in [0.29, 0.717) is 44.8 Å². The number of aromatic hydroxyl groups is 1. The third-order valence-corrected chi connectivity index (χ3v) is 6.16. The molecule has 4 aromatic heterocycles. The van der Waals surface area contributed by atoms with Gasteiger partial charge in [-0.1, -0.05) is 30.3 Å². The van der Waals surface area contributed by atoms with E-state index in [2.05, 4.69) is 15.1 Å². The molecule has 0 fully saturated rings. The van der Waals surface area contributed by atoms with Gasteiger partial charge in [-0.2, -0.15) is 10.2 Å². The number of aromatic nitrogens is 8.